The van der Waals surface area contributed by atoms with Gasteiger partial charge in [0, 0.05) is 39.1 Å². The standard InChI is InChI=1S/C22H37N5O.HI/c1-4-23-22(24-14-8-16-27-15-7-9-21(27)28)25-17-19-10-12-20(13-11-19)18-26(5-2)6-3;/h10-13H,4-9,14-18H2,1-3H3,(H2,23,24,25);1H. The molecule has 29 heavy (non-hydrogen) atoms. The van der Waals surface area contributed by atoms with E-state index >= 15 is 0 Å². The highest BCUT2D eigenvalue weighted by molar-refractivity contribution is 14.0. The number of likely N-dealkylation sites (tertiary alicyclic amines) is 1. The van der Waals surface area contributed by atoms with E-state index in [0.717, 1.165) is 64.6 Å². The van der Waals surface area contributed by atoms with Gasteiger partial charge in [0.2, 0.25) is 5.91 Å². The maximum absolute atomic E-state index is 11.6. The van der Waals surface area contributed by atoms with Crippen LogP contribution in [0.1, 0.15) is 51.2 Å². The first kappa shape index (κ1) is 25.7. The van der Waals surface area contributed by atoms with Crippen LogP contribution in [0.15, 0.2) is 29.3 Å². The van der Waals surface area contributed by atoms with Gasteiger partial charge in [0.05, 0.1) is 6.54 Å². The van der Waals surface area contributed by atoms with Gasteiger partial charge in [-0.3, -0.25) is 9.69 Å². The van der Waals surface area contributed by atoms with Gasteiger partial charge in [-0.05, 0) is 44.0 Å². The molecule has 0 bridgehead atoms. The Morgan fingerprint density at radius 2 is 1.79 bits per heavy atom. The van der Waals surface area contributed by atoms with Gasteiger partial charge >= 0.3 is 0 Å². The van der Waals surface area contributed by atoms with Crippen molar-refractivity contribution in [1.82, 2.24) is 20.4 Å². The molecule has 1 heterocycles. The number of amides is 1. The fraction of sp³-hybridized carbons (Fsp3) is 0.636. The molecule has 0 spiro atoms. The molecule has 1 aromatic rings. The molecule has 0 radical (unpaired) electrons. The fourth-order valence-electron chi connectivity index (χ4n) is 3.38. The molecule has 1 aromatic carbocycles. The normalized spacial score (nSPS) is 14.3. The van der Waals surface area contributed by atoms with Crippen LogP contribution in [-0.2, 0) is 17.9 Å². The second-order valence-electron chi connectivity index (χ2n) is 7.24. The summed E-state index contributed by atoms with van der Waals surface area (Å²) in [6.07, 6.45) is 2.66. The lowest BCUT2D eigenvalue weighted by Gasteiger charge is -2.18. The third kappa shape index (κ3) is 9.33. The quantitative estimate of drug-likeness (QED) is 0.206. The highest BCUT2D eigenvalue weighted by Gasteiger charge is 2.18. The van der Waals surface area contributed by atoms with Crippen LogP contribution in [0.4, 0.5) is 0 Å². The van der Waals surface area contributed by atoms with Crippen LogP contribution in [0.25, 0.3) is 0 Å². The van der Waals surface area contributed by atoms with E-state index in [2.05, 4.69) is 60.6 Å². The molecule has 164 valence electrons. The van der Waals surface area contributed by atoms with Crippen molar-refractivity contribution in [3.05, 3.63) is 35.4 Å². The largest absolute Gasteiger partial charge is 0.357 e. The minimum Gasteiger partial charge on any atom is -0.357 e. The zero-order valence-electron chi connectivity index (χ0n) is 18.2. The van der Waals surface area contributed by atoms with Crippen molar-refractivity contribution in [3.63, 3.8) is 0 Å². The average Bonchev–Trinajstić information content (AvgIpc) is 3.13. The van der Waals surface area contributed by atoms with Gasteiger partial charge < -0.3 is 15.5 Å². The number of rotatable bonds is 11. The fourth-order valence-corrected chi connectivity index (χ4v) is 3.38. The third-order valence-corrected chi connectivity index (χ3v) is 5.16. The molecule has 1 fully saturated rings. The smallest absolute Gasteiger partial charge is 0.222 e. The van der Waals surface area contributed by atoms with Crippen molar-refractivity contribution in [3.8, 4) is 0 Å². The van der Waals surface area contributed by atoms with Crippen molar-refractivity contribution >= 4 is 35.8 Å². The van der Waals surface area contributed by atoms with Crippen LogP contribution in [0.5, 0.6) is 0 Å². The molecule has 0 atom stereocenters. The second-order valence-corrected chi connectivity index (χ2v) is 7.24. The van der Waals surface area contributed by atoms with E-state index in [1.807, 2.05) is 4.90 Å². The number of halogens is 1. The molecular weight excluding hydrogens is 477 g/mol. The number of nitrogens with zero attached hydrogens (tertiary/aromatic N) is 3. The predicted octanol–water partition coefficient (Wildman–Crippen LogP) is 3.21. The molecule has 1 amide bonds. The Labute approximate surface area is 193 Å². The summed E-state index contributed by atoms with van der Waals surface area (Å²) >= 11 is 0. The molecule has 2 N–H and O–H groups in total. The predicted molar refractivity (Wildman–Crippen MR) is 132 cm³/mol. The molecule has 0 unspecified atom stereocenters. The Balaban J connectivity index is 0.00000420. The maximum atomic E-state index is 11.6. The number of hydrogen-bond acceptors (Lipinski definition) is 3. The monoisotopic (exact) mass is 515 g/mol. The van der Waals surface area contributed by atoms with E-state index in [1.54, 1.807) is 0 Å². The lowest BCUT2D eigenvalue weighted by atomic mass is 10.1. The zero-order valence-corrected chi connectivity index (χ0v) is 20.6. The van der Waals surface area contributed by atoms with Crippen LogP contribution in [-0.4, -0.2) is 60.9 Å². The van der Waals surface area contributed by atoms with Crippen molar-refractivity contribution in [2.45, 2.75) is 53.1 Å². The molecule has 2 rings (SSSR count). The first-order chi connectivity index (χ1) is 13.7. The van der Waals surface area contributed by atoms with E-state index in [0.29, 0.717) is 18.9 Å². The zero-order chi connectivity index (χ0) is 20.2. The molecule has 1 aliphatic heterocycles. The van der Waals surface area contributed by atoms with Crippen LogP contribution in [0.3, 0.4) is 0 Å². The summed E-state index contributed by atoms with van der Waals surface area (Å²) in [7, 11) is 0. The van der Waals surface area contributed by atoms with E-state index < -0.39 is 0 Å². The lowest BCUT2D eigenvalue weighted by molar-refractivity contribution is -0.127. The summed E-state index contributed by atoms with van der Waals surface area (Å²) in [5.74, 6) is 1.13. The van der Waals surface area contributed by atoms with Gasteiger partial charge in [0.25, 0.3) is 0 Å². The molecule has 0 aliphatic carbocycles. The van der Waals surface area contributed by atoms with E-state index in [4.69, 9.17) is 4.99 Å². The summed E-state index contributed by atoms with van der Waals surface area (Å²) in [5, 5.41) is 6.67. The van der Waals surface area contributed by atoms with E-state index in [9.17, 15) is 4.79 Å². The molecular formula is C22H38IN5O. The van der Waals surface area contributed by atoms with Gasteiger partial charge in [-0.1, -0.05) is 38.1 Å². The summed E-state index contributed by atoms with van der Waals surface area (Å²) in [4.78, 5) is 20.7. The lowest BCUT2D eigenvalue weighted by Crippen LogP contribution is -2.39. The second kappa shape index (κ2) is 14.6. The minimum absolute atomic E-state index is 0. The maximum Gasteiger partial charge on any atom is 0.222 e. The number of nitrogens with one attached hydrogen (secondary N) is 2. The Kier molecular flexibility index (Phi) is 12.9. The van der Waals surface area contributed by atoms with Gasteiger partial charge in [0.1, 0.15) is 0 Å². The molecule has 0 saturated carbocycles. The summed E-state index contributed by atoms with van der Waals surface area (Å²) < 4.78 is 0. The molecule has 1 saturated heterocycles. The van der Waals surface area contributed by atoms with Gasteiger partial charge in [-0.25, -0.2) is 4.99 Å². The van der Waals surface area contributed by atoms with Gasteiger partial charge in [-0.2, -0.15) is 0 Å². The minimum atomic E-state index is 0. The summed E-state index contributed by atoms with van der Waals surface area (Å²) in [6.45, 7) is 13.7. The number of carbonyl (C=O) groups is 1. The Hall–Kier alpha value is -1.35. The van der Waals surface area contributed by atoms with Crippen LogP contribution >= 0.6 is 24.0 Å². The Morgan fingerprint density at radius 1 is 1.10 bits per heavy atom. The van der Waals surface area contributed by atoms with E-state index in [-0.39, 0.29) is 24.0 Å². The van der Waals surface area contributed by atoms with E-state index in [1.165, 1.54) is 11.1 Å². The molecule has 1 aliphatic rings. The molecule has 6 nitrogen and oxygen atoms in total. The number of hydrogen-bond donors (Lipinski definition) is 2. The highest BCUT2D eigenvalue weighted by atomic mass is 127. The van der Waals surface area contributed by atoms with Gasteiger partial charge in [-0.15, -0.1) is 24.0 Å². The SMILES string of the molecule is CCNC(=NCc1ccc(CN(CC)CC)cc1)NCCCN1CCCC1=O.I. The number of benzene rings is 1. The highest BCUT2D eigenvalue weighted by Crippen LogP contribution is 2.10. The van der Waals surface area contributed by atoms with Crippen LogP contribution in [0.2, 0.25) is 0 Å². The van der Waals surface area contributed by atoms with Crippen molar-refractivity contribution in [2.24, 2.45) is 4.99 Å². The average molecular weight is 515 g/mol. The number of aliphatic imine (C=N–C) groups is 1. The Morgan fingerprint density at radius 3 is 2.38 bits per heavy atom. The van der Waals surface area contributed by atoms with Crippen molar-refractivity contribution in [2.75, 3.05) is 39.3 Å². The molecule has 7 heteroatoms. The summed E-state index contributed by atoms with van der Waals surface area (Å²) in [5.41, 5.74) is 2.56. The van der Waals surface area contributed by atoms with Crippen LogP contribution < -0.4 is 10.6 Å². The Bertz CT molecular complexity index is 616. The van der Waals surface area contributed by atoms with Gasteiger partial charge in [0.15, 0.2) is 5.96 Å². The molecule has 0 aromatic heterocycles. The first-order valence-corrected chi connectivity index (χ1v) is 10.8. The third-order valence-electron chi connectivity index (χ3n) is 5.16. The van der Waals surface area contributed by atoms with Crippen molar-refractivity contribution in [1.29, 1.82) is 0 Å². The first-order valence-electron chi connectivity index (χ1n) is 10.8. The topological polar surface area (TPSA) is 60.0 Å². The number of carbonyl (C=O) groups excluding carboxylic acids is 1. The summed E-state index contributed by atoms with van der Waals surface area (Å²) in [6, 6.07) is 8.75. The van der Waals surface area contributed by atoms with Crippen molar-refractivity contribution < 1.29 is 4.79 Å². The van der Waals surface area contributed by atoms with Crippen LogP contribution in [0, 0.1) is 0 Å². The number of guanidine groups is 1.